The second-order valence-corrected chi connectivity index (χ2v) is 8.37. The lowest BCUT2D eigenvalue weighted by atomic mass is 10.1. The predicted molar refractivity (Wildman–Crippen MR) is 118 cm³/mol. The van der Waals surface area contributed by atoms with E-state index in [1.165, 1.54) is 11.8 Å². The van der Waals surface area contributed by atoms with E-state index >= 15 is 0 Å². The Morgan fingerprint density at radius 2 is 1.90 bits per heavy atom. The van der Waals surface area contributed by atoms with Crippen LogP contribution in [0.3, 0.4) is 0 Å². The number of hydrogen-bond donors (Lipinski definition) is 1. The SMILES string of the molecule is Cc1ccc(NC(=O)CSC2=Nc3ccccc3C3=N[C@@H](C(C)C)C(=O)N23)cc1. The van der Waals surface area contributed by atoms with Gasteiger partial charge in [0.25, 0.3) is 5.91 Å². The first-order chi connectivity index (χ1) is 13.9. The highest BCUT2D eigenvalue weighted by atomic mass is 32.2. The van der Waals surface area contributed by atoms with Crippen LogP contribution in [0.2, 0.25) is 0 Å². The van der Waals surface area contributed by atoms with Gasteiger partial charge < -0.3 is 5.32 Å². The first-order valence-electron chi connectivity index (χ1n) is 9.53. The van der Waals surface area contributed by atoms with E-state index in [-0.39, 0.29) is 23.5 Å². The summed E-state index contributed by atoms with van der Waals surface area (Å²) in [4.78, 5) is 36.3. The summed E-state index contributed by atoms with van der Waals surface area (Å²) in [5.74, 6) is 0.628. The number of amidine groups is 2. The summed E-state index contributed by atoms with van der Waals surface area (Å²) in [6, 6.07) is 14.8. The number of para-hydroxylation sites is 1. The van der Waals surface area contributed by atoms with E-state index in [0.29, 0.717) is 11.0 Å². The largest absolute Gasteiger partial charge is 0.325 e. The molecule has 0 aromatic heterocycles. The molecule has 1 N–H and O–H groups in total. The highest BCUT2D eigenvalue weighted by molar-refractivity contribution is 8.14. The van der Waals surface area contributed by atoms with Gasteiger partial charge in [0.1, 0.15) is 11.9 Å². The molecule has 2 heterocycles. The van der Waals surface area contributed by atoms with Gasteiger partial charge in [0, 0.05) is 11.3 Å². The van der Waals surface area contributed by atoms with Crippen molar-refractivity contribution in [1.82, 2.24) is 4.90 Å². The number of nitrogens with zero attached hydrogens (tertiary/aromatic N) is 3. The highest BCUT2D eigenvalue weighted by Gasteiger charge is 2.42. The minimum atomic E-state index is -0.427. The molecule has 4 rings (SSSR count). The summed E-state index contributed by atoms with van der Waals surface area (Å²) in [5.41, 5.74) is 3.49. The van der Waals surface area contributed by atoms with Crippen molar-refractivity contribution in [1.29, 1.82) is 0 Å². The Kier molecular flexibility index (Phi) is 5.24. The molecule has 2 aliphatic heterocycles. The molecule has 6 nitrogen and oxygen atoms in total. The maximum atomic E-state index is 13.0. The lowest BCUT2D eigenvalue weighted by molar-refractivity contribution is -0.125. The van der Waals surface area contributed by atoms with Crippen molar-refractivity contribution in [3.63, 3.8) is 0 Å². The molecule has 2 aliphatic rings. The molecule has 2 aromatic carbocycles. The molecule has 0 saturated carbocycles. The van der Waals surface area contributed by atoms with E-state index in [1.54, 1.807) is 4.90 Å². The lowest BCUT2D eigenvalue weighted by Crippen LogP contribution is -2.42. The van der Waals surface area contributed by atoms with Crippen molar-refractivity contribution >= 4 is 46.0 Å². The predicted octanol–water partition coefficient (Wildman–Crippen LogP) is 3.98. The number of rotatable bonds is 4. The fourth-order valence-corrected chi connectivity index (χ4v) is 4.07. The third-order valence-corrected chi connectivity index (χ3v) is 5.74. The van der Waals surface area contributed by atoms with E-state index in [2.05, 4.69) is 15.3 Å². The van der Waals surface area contributed by atoms with Crippen LogP contribution in [0, 0.1) is 12.8 Å². The summed E-state index contributed by atoms with van der Waals surface area (Å²) < 4.78 is 0. The van der Waals surface area contributed by atoms with Gasteiger partial charge in [-0.3, -0.25) is 14.6 Å². The van der Waals surface area contributed by atoms with Gasteiger partial charge in [0.05, 0.1) is 11.4 Å². The average molecular weight is 407 g/mol. The number of amides is 2. The third kappa shape index (κ3) is 3.82. The van der Waals surface area contributed by atoms with Gasteiger partial charge in [-0.1, -0.05) is 55.4 Å². The molecule has 0 radical (unpaired) electrons. The van der Waals surface area contributed by atoms with Crippen LogP contribution >= 0.6 is 11.8 Å². The number of nitrogens with one attached hydrogen (secondary N) is 1. The molecular formula is C22H22N4O2S. The summed E-state index contributed by atoms with van der Waals surface area (Å²) in [6.07, 6.45) is 0. The number of benzene rings is 2. The van der Waals surface area contributed by atoms with Crippen LogP contribution in [0.15, 0.2) is 58.5 Å². The average Bonchev–Trinajstić information content (AvgIpc) is 3.06. The maximum Gasteiger partial charge on any atom is 0.259 e. The quantitative estimate of drug-likeness (QED) is 0.835. The van der Waals surface area contributed by atoms with Gasteiger partial charge in [0.2, 0.25) is 5.91 Å². The van der Waals surface area contributed by atoms with E-state index in [1.807, 2.05) is 69.3 Å². The Morgan fingerprint density at radius 3 is 2.62 bits per heavy atom. The summed E-state index contributed by atoms with van der Waals surface area (Å²) >= 11 is 1.25. The first-order valence-corrected chi connectivity index (χ1v) is 10.5. The molecule has 148 valence electrons. The van der Waals surface area contributed by atoms with Gasteiger partial charge in [-0.25, -0.2) is 9.89 Å². The second kappa shape index (κ2) is 7.83. The number of anilines is 1. The van der Waals surface area contributed by atoms with Crippen molar-refractivity contribution < 1.29 is 9.59 Å². The standard InChI is InChI=1S/C22H22N4O2S/c1-13(2)19-21(28)26-20(25-19)16-6-4-5-7-17(16)24-22(26)29-12-18(27)23-15-10-8-14(3)9-11-15/h4-11,13,19H,12H2,1-3H3,(H,23,27)/t19-/m0/s1. The van der Waals surface area contributed by atoms with Gasteiger partial charge in [-0.15, -0.1) is 0 Å². The zero-order valence-electron chi connectivity index (χ0n) is 16.5. The molecule has 29 heavy (non-hydrogen) atoms. The van der Waals surface area contributed by atoms with Crippen LogP contribution in [-0.2, 0) is 9.59 Å². The van der Waals surface area contributed by atoms with Gasteiger partial charge in [-0.2, -0.15) is 0 Å². The van der Waals surface area contributed by atoms with Gasteiger partial charge in [-0.05, 0) is 37.1 Å². The number of thioether (sulfide) groups is 1. The van der Waals surface area contributed by atoms with E-state index in [4.69, 9.17) is 0 Å². The van der Waals surface area contributed by atoms with Gasteiger partial charge in [0.15, 0.2) is 5.17 Å². The van der Waals surface area contributed by atoms with Crippen LogP contribution in [-0.4, -0.2) is 39.5 Å². The molecule has 2 aromatic rings. The summed E-state index contributed by atoms with van der Waals surface area (Å²) in [6.45, 7) is 5.96. The van der Waals surface area contributed by atoms with Crippen LogP contribution in [0.4, 0.5) is 11.4 Å². The number of fused-ring (bicyclic) bond motifs is 3. The third-order valence-electron chi connectivity index (χ3n) is 4.80. The van der Waals surface area contributed by atoms with Crippen molar-refractivity contribution in [2.45, 2.75) is 26.8 Å². The minimum Gasteiger partial charge on any atom is -0.325 e. The Hall–Kier alpha value is -2.93. The lowest BCUT2D eigenvalue weighted by Gasteiger charge is -2.25. The number of hydrogen-bond acceptors (Lipinski definition) is 5. The molecule has 2 amide bonds. The number of aliphatic imine (C=N–C) groups is 2. The molecule has 1 atom stereocenters. The normalized spacial score (nSPS) is 17.6. The first kappa shape index (κ1) is 19.4. The Morgan fingerprint density at radius 1 is 1.17 bits per heavy atom. The molecule has 0 unspecified atom stereocenters. The van der Waals surface area contributed by atoms with Gasteiger partial charge >= 0.3 is 0 Å². The van der Waals surface area contributed by atoms with Crippen LogP contribution < -0.4 is 5.32 Å². The molecular weight excluding hydrogens is 384 g/mol. The maximum absolute atomic E-state index is 13.0. The Bertz CT molecular complexity index is 1030. The Labute approximate surface area is 174 Å². The zero-order chi connectivity index (χ0) is 20.5. The monoisotopic (exact) mass is 406 g/mol. The van der Waals surface area contributed by atoms with Crippen LogP contribution in [0.5, 0.6) is 0 Å². The highest BCUT2D eigenvalue weighted by Crippen LogP contribution is 2.34. The van der Waals surface area contributed by atoms with Crippen LogP contribution in [0.1, 0.15) is 25.0 Å². The number of carbonyl (C=O) groups is 2. The molecule has 0 bridgehead atoms. The summed E-state index contributed by atoms with van der Waals surface area (Å²) in [5, 5.41) is 3.37. The van der Waals surface area contributed by atoms with E-state index in [0.717, 1.165) is 22.5 Å². The van der Waals surface area contributed by atoms with Crippen LogP contribution in [0.25, 0.3) is 0 Å². The molecule has 0 fully saturated rings. The Balaban J connectivity index is 1.54. The molecule has 0 aliphatic carbocycles. The molecule has 0 saturated heterocycles. The second-order valence-electron chi connectivity index (χ2n) is 7.43. The molecule has 7 heteroatoms. The van der Waals surface area contributed by atoms with E-state index in [9.17, 15) is 9.59 Å². The van der Waals surface area contributed by atoms with Crippen molar-refractivity contribution in [2.75, 3.05) is 11.1 Å². The topological polar surface area (TPSA) is 74.1 Å². The zero-order valence-corrected chi connectivity index (χ0v) is 17.4. The number of aryl methyl sites for hydroxylation is 1. The smallest absolute Gasteiger partial charge is 0.259 e. The van der Waals surface area contributed by atoms with Crippen molar-refractivity contribution in [3.05, 3.63) is 59.7 Å². The number of carbonyl (C=O) groups excluding carboxylic acids is 2. The van der Waals surface area contributed by atoms with Crippen molar-refractivity contribution in [2.24, 2.45) is 15.9 Å². The molecule has 0 spiro atoms. The fraction of sp³-hybridized carbons (Fsp3) is 0.273. The van der Waals surface area contributed by atoms with Crippen molar-refractivity contribution in [3.8, 4) is 0 Å². The minimum absolute atomic E-state index is 0.0869. The van der Waals surface area contributed by atoms with E-state index < -0.39 is 6.04 Å². The summed E-state index contributed by atoms with van der Waals surface area (Å²) in [7, 11) is 0. The fourth-order valence-electron chi connectivity index (χ4n) is 3.26.